The number of benzene rings is 1. The number of anilines is 1. The molecule has 6 nitrogen and oxygen atoms in total. The lowest BCUT2D eigenvalue weighted by atomic mass is 9.92. The molecule has 1 N–H and O–H groups in total. The molecule has 2 amide bonds. The highest BCUT2D eigenvalue weighted by molar-refractivity contribution is 6.42. The number of halogens is 2. The minimum absolute atomic E-state index is 0.0116. The van der Waals surface area contributed by atoms with Crippen molar-refractivity contribution in [3.63, 3.8) is 0 Å². The van der Waals surface area contributed by atoms with Gasteiger partial charge in [-0.25, -0.2) is 4.68 Å². The van der Waals surface area contributed by atoms with Gasteiger partial charge in [0.05, 0.1) is 28.0 Å². The summed E-state index contributed by atoms with van der Waals surface area (Å²) in [6, 6.07) is 7.02. The van der Waals surface area contributed by atoms with E-state index in [2.05, 4.69) is 10.4 Å². The van der Waals surface area contributed by atoms with E-state index in [-0.39, 0.29) is 29.7 Å². The molecule has 0 spiro atoms. The molecule has 1 aromatic heterocycles. The maximum atomic E-state index is 12.8. The third kappa shape index (κ3) is 6.22. The maximum absolute atomic E-state index is 12.8. The Morgan fingerprint density at radius 2 is 1.83 bits per heavy atom. The number of nitrogens with zero attached hydrogens (tertiary/aromatic N) is 3. The number of carbonyl (C=O) groups excluding carboxylic acids is 2. The Kier molecular flexibility index (Phi) is 7.94. The van der Waals surface area contributed by atoms with Crippen LogP contribution in [0.15, 0.2) is 24.3 Å². The highest BCUT2D eigenvalue weighted by atomic mass is 35.5. The zero-order chi connectivity index (χ0) is 22.6. The van der Waals surface area contributed by atoms with Gasteiger partial charge < -0.3 is 10.2 Å². The SMILES string of the molecule is CCC(=O)N(CC(=O)Nc1cc(C(C)(C)C)nn1-c1ccc(Cl)c(Cl)c1)CC(C)C. The third-order valence-corrected chi connectivity index (χ3v) is 5.21. The molecule has 0 aliphatic carbocycles. The fourth-order valence-electron chi connectivity index (χ4n) is 2.92. The van der Waals surface area contributed by atoms with Crippen molar-refractivity contribution in [3.05, 3.63) is 40.0 Å². The van der Waals surface area contributed by atoms with Gasteiger partial charge in [-0.2, -0.15) is 5.10 Å². The Bertz CT molecular complexity index is 916. The van der Waals surface area contributed by atoms with Crippen LogP contribution in [0.2, 0.25) is 10.0 Å². The van der Waals surface area contributed by atoms with Crippen LogP contribution in [0.25, 0.3) is 5.69 Å². The fraction of sp³-hybridized carbons (Fsp3) is 0.500. The molecular formula is C22H30Cl2N4O2. The molecule has 30 heavy (non-hydrogen) atoms. The standard InChI is InChI=1S/C22H30Cl2N4O2/c1-7-21(30)27(12-14(2)3)13-20(29)25-19-11-18(22(4,5)6)26-28(19)15-8-9-16(23)17(24)10-15/h8-11,14H,7,12-13H2,1-6H3,(H,25,29). The third-order valence-electron chi connectivity index (χ3n) is 4.47. The summed E-state index contributed by atoms with van der Waals surface area (Å²) in [6.45, 7) is 12.5. The first-order valence-electron chi connectivity index (χ1n) is 10.1. The van der Waals surface area contributed by atoms with Crippen LogP contribution in [-0.4, -0.2) is 39.6 Å². The molecule has 0 aliphatic heterocycles. The van der Waals surface area contributed by atoms with Gasteiger partial charge in [-0.3, -0.25) is 9.59 Å². The average molecular weight is 453 g/mol. The van der Waals surface area contributed by atoms with Crippen LogP contribution in [0.5, 0.6) is 0 Å². The minimum atomic E-state index is -0.279. The van der Waals surface area contributed by atoms with Crippen LogP contribution < -0.4 is 5.32 Å². The van der Waals surface area contributed by atoms with E-state index in [4.69, 9.17) is 23.2 Å². The number of hydrogen-bond acceptors (Lipinski definition) is 3. The number of nitrogens with one attached hydrogen (secondary N) is 1. The number of hydrogen-bond donors (Lipinski definition) is 1. The summed E-state index contributed by atoms with van der Waals surface area (Å²) < 4.78 is 1.63. The van der Waals surface area contributed by atoms with Gasteiger partial charge in [-0.05, 0) is 24.1 Å². The molecule has 0 unspecified atom stereocenters. The van der Waals surface area contributed by atoms with E-state index in [0.717, 1.165) is 5.69 Å². The lowest BCUT2D eigenvalue weighted by molar-refractivity contribution is -0.134. The van der Waals surface area contributed by atoms with Gasteiger partial charge in [0.1, 0.15) is 5.82 Å². The maximum Gasteiger partial charge on any atom is 0.245 e. The summed E-state index contributed by atoms with van der Waals surface area (Å²) in [7, 11) is 0. The number of amides is 2. The highest BCUT2D eigenvalue weighted by Crippen LogP contribution is 2.29. The molecule has 1 heterocycles. The smallest absolute Gasteiger partial charge is 0.245 e. The van der Waals surface area contributed by atoms with Gasteiger partial charge in [0.2, 0.25) is 11.8 Å². The summed E-state index contributed by atoms with van der Waals surface area (Å²) in [5.41, 5.74) is 1.27. The highest BCUT2D eigenvalue weighted by Gasteiger charge is 2.23. The van der Waals surface area contributed by atoms with E-state index in [1.165, 1.54) is 0 Å². The molecule has 0 aliphatic rings. The molecule has 0 bridgehead atoms. The molecule has 0 saturated heterocycles. The van der Waals surface area contributed by atoms with E-state index in [1.54, 1.807) is 34.7 Å². The van der Waals surface area contributed by atoms with Crippen molar-refractivity contribution >= 4 is 40.8 Å². The molecule has 2 aromatic rings. The van der Waals surface area contributed by atoms with Gasteiger partial charge >= 0.3 is 0 Å². The fourth-order valence-corrected chi connectivity index (χ4v) is 3.22. The topological polar surface area (TPSA) is 67.2 Å². The van der Waals surface area contributed by atoms with E-state index >= 15 is 0 Å². The van der Waals surface area contributed by atoms with Crippen LogP contribution in [-0.2, 0) is 15.0 Å². The molecule has 0 atom stereocenters. The van der Waals surface area contributed by atoms with Crippen molar-refractivity contribution in [2.75, 3.05) is 18.4 Å². The second-order valence-electron chi connectivity index (χ2n) is 8.74. The monoisotopic (exact) mass is 452 g/mol. The molecule has 8 heteroatoms. The Labute approximate surface area is 188 Å². The van der Waals surface area contributed by atoms with Crippen LogP contribution >= 0.6 is 23.2 Å². The summed E-state index contributed by atoms with van der Waals surface area (Å²) in [6.07, 6.45) is 0.357. The Balaban J connectivity index is 2.35. The van der Waals surface area contributed by atoms with Crippen molar-refractivity contribution in [1.29, 1.82) is 0 Å². The van der Waals surface area contributed by atoms with Gasteiger partial charge in [-0.15, -0.1) is 0 Å². The summed E-state index contributed by atoms with van der Waals surface area (Å²) >= 11 is 12.2. The van der Waals surface area contributed by atoms with E-state index in [1.807, 2.05) is 40.7 Å². The van der Waals surface area contributed by atoms with Crippen molar-refractivity contribution in [2.24, 2.45) is 5.92 Å². The molecule has 1 aromatic carbocycles. The van der Waals surface area contributed by atoms with Gasteiger partial charge in [0.15, 0.2) is 0 Å². The minimum Gasteiger partial charge on any atom is -0.333 e. The van der Waals surface area contributed by atoms with E-state index in [9.17, 15) is 9.59 Å². The van der Waals surface area contributed by atoms with Crippen LogP contribution in [0.1, 0.15) is 53.7 Å². The second-order valence-corrected chi connectivity index (χ2v) is 9.56. The summed E-state index contributed by atoms with van der Waals surface area (Å²) in [4.78, 5) is 26.6. The largest absolute Gasteiger partial charge is 0.333 e. The average Bonchev–Trinajstić information content (AvgIpc) is 3.06. The first kappa shape index (κ1) is 24.2. The summed E-state index contributed by atoms with van der Waals surface area (Å²) in [5, 5.41) is 8.42. The number of rotatable bonds is 7. The van der Waals surface area contributed by atoms with Crippen molar-refractivity contribution in [1.82, 2.24) is 14.7 Å². The molecule has 0 saturated carbocycles. The summed E-state index contributed by atoms with van der Waals surface area (Å²) in [5.74, 6) is 0.450. The van der Waals surface area contributed by atoms with Gasteiger partial charge in [-0.1, -0.05) is 64.7 Å². The predicted octanol–water partition coefficient (Wildman–Crippen LogP) is 5.31. The van der Waals surface area contributed by atoms with Crippen molar-refractivity contribution < 1.29 is 9.59 Å². The van der Waals surface area contributed by atoms with Gasteiger partial charge in [0, 0.05) is 24.4 Å². The van der Waals surface area contributed by atoms with Crippen LogP contribution in [0.4, 0.5) is 5.82 Å². The zero-order valence-corrected chi connectivity index (χ0v) is 19.9. The first-order valence-corrected chi connectivity index (χ1v) is 10.8. The van der Waals surface area contributed by atoms with Crippen LogP contribution in [0.3, 0.4) is 0 Å². The van der Waals surface area contributed by atoms with E-state index in [0.29, 0.717) is 34.5 Å². The predicted molar refractivity (Wildman–Crippen MR) is 123 cm³/mol. The molecular weight excluding hydrogens is 423 g/mol. The first-order chi connectivity index (χ1) is 13.9. The molecule has 0 radical (unpaired) electrons. The van der Waals surface area contributed by atoms with Gasteiger partial charge in [0.25, 0.3) is 0 Å². The number of carbonyl (C=O) groups is 2. The van der Waals surface area contributed by atoms with Crippen molar-refractivity contribution in [3.8, 4) is 5.69 Å². The number of aromatic nitrogens is 2. The Hall–Kier alpha value is -2.05. The zero-order valence-electron chi connectivity index (χ0n) is 18.4. The molecule has 164 valence electrons. The Morgan fingerprint density at radius 3 is 2.37 bits per heavy atom. The van der Waals surface area contributed by atoms with Crippen LogP contribution in [0, 0.1) is 5.92 Å². The lowest BCUT2D eigenvalue weighted by Crippen LogP contribution is -2.40. The second kappa shape index (κ2) is 9.84. The Morgan fingerprint density at radius 1 is 1.17 bits per heavy atom. The van der Waals surface area contributed by atoms with E-state index < -0.39 is 0 Å². The molecule has 0 fully saturated rings. The normalized spacial score (nSPS) is 11.6. The lowest BCUT2D eigenvalue weighted by Gasteiger charge is -2.23. The quantitative estimate of drug-likeness (QED) is 0.618. The molecule has 2 rings (SSSR count). The van der Waals surface area contributed by atoms with Crippen molar-refractivity contribution in [2.45, 2.75) is 53.4 Å².